The molecule has 1 aliphatic carbocycles. The second-order valence-corrected chi connectivity index (χ2v) is 3.60. The van der Waals surface area contributed by atoms with Crippen molar-refractivity contribution in [3.63, 3.8) is 0 Å². The topological polar surface area (TPSA) is 52.3 Å². The Labute approximate surface area is 94.7 Å². The van der Waals surface area contributed by atoms with E-state index in [1.165, 1.54) is 18.2 Å². The van der Waals surface area contributed by atoms with Crippen LogP contribution >= 0.6 is 0 Å². The molecule has 0 spiro atoms. The second kappa shape index (κ2) is 3.59. The molecule has 1 atom stereocenters. The summed E-state index contributed by atoms with van der Waals surface area (Å²) in [5, 5.41) is 0. The zero-order chi connectivity index (χ0) is 12.7. The molecule has 17 heavy (non-hydrogen) atoms. The van der Waals surface area contributed by atoms with Gasteiger partial charge in [-0.2, -0.15) is 13.2 Å². The summed E-state index contributed by atoms with van der Waals surface area (Å²) in [5.74, 6) is -2.30. The molecule has 0 amide bonds. The van der Waals surface area contributed by atoms with E-state index in [2.05, 4.69) is 4.74 Å². The van der Waals surface area contributed by atoms with Crippen LogP contribution in [0.4, 0.5) is 13.2 Å². The van der Waals surface area contributed by atoms with Gasteiger partial charge in [-0.3, -0.25) is 5.73 Å². The molecule has 0 heterocycles. The van der Waals surface area contributed by atoms with Crippen molar-refractivity contribution in [2.24, 2.45) is 5.73 Å². The first-order valence-electron chi connectivity index (χ1n) is 4.71. The van der Waals surface area contributed by atoms with Gasteiger partial charge in [-0.05, 0) is 11.6 Å². The molecule has 2 N–H and O–H groups in total. The van der Waals surface area contributed by atoms with Gasteiger partial charge >= 0.3 is 12.1 Å². The zero-order valence-electron chi connectivity index (χ0n) is 8.49. The highest BCUT2D eigenvalue weighted by Gasteiger charge is 2.46. The predicted octanol–water partition coefficient (Wildman–Crippen LogP) is 1.93. The third-order valence-corrected chi connectivity index (χ3v) is 2.39. The molecule has 1 aromatic carbocycles. The Kier molecular flexibility index (Phi) is 2.46. The van der Waals surface area contributed by atoms with E-state index in [0.717, 1.165) is 0 Å². The third-order valence-electron chi connectivity index (χ3n) is 2.39. The Morgan fingerprint density at radius 1 is 1.29 bits per heavy atom. The van der Waals surface area contributed by atoms with E-state index in [1.807, 2.05) is 0 Å². The first-order chi connectivity index (χ1) is 7.83. The Morgan fingerprint density at radius 3 is 2.59 bits per heavy atom. The minimum absolute atomic E-state index is 0.331. The van der Waals surface area contributed by atoms with Crippen LogP contribution in [-0.4, -0.2) is 12.1 Å². The van der Waals surface area contributed by atoms with Gasteiger partial charge in [-0.1, -0.05) is 30.3 Å². The fourth-order valence-electron chi connectivity index (χ4n) is 1.60. The summed E-state index contributed by atoms with van der Waals surface area (Å²) in [6, 6.07) is 6.50. The number of hydrogen-bond acceptors (Lipinski definition) is 3. The molecule has 0 aromatic heterocycles. The number of carbonyl (C=O) groups excluding carboxylic acids is 1. The minimum Gasteiger partial charge on any atom is -0.429 e. The Bertz CT molecular complexity index is 496. The highest BCUT2D eigenvalue weighted by Crippen LogP contribution is 2.34. The lowest BCUT2D eigenvalue weighted by Gasteiger charge is -2.24. The summed E-state index contributed by atoms with van der Waals surface area (Å²) in [5.41, 5.74) is 4.76. The van der Waals surface area contributed by atoms with Gasteiger partial charge in [0.1, 0.15) is 0 Å². The van der Waals surface area contributed by atoms with Crippen LogP contribution in [0.3, 0.4) is 0 Å². The van der Waals surface area contributed by atoms with Crippen LogP contribution < -0.4 is 5.73 Å². The van der Waals surface area contributed by atoms with Gasteiger partial charge in [-0.15, -0.1) is 0 Å². The monoisotopic (exact) mass is 243 g/mol. The Morgan fingerprint density at radius 2 is 1.94 bits per heavy atom. The summed E-state index contributed by atoms with van der Waals surface area (Å²) in [4.78, 5) is 10.8. The number of rotatable bonds is 1. The first kappa shape index (κ1) is 11.7. The van der Waals surface area contributed by atoms with Gasteiger partial charge in [-0.25, -0.2) is 4.79 Å². The smallest absolute Gasteiger partial charge is 0.429 e. The van der Waals surface area contributed by atoms with Gasteiger partial charge < -0.3 is 4.74 Å². The van der Waals surface area contributed by atoms with Crippen molar-refractivity contribution < 1.29 is 22.7 Å². The molecule has 3 nitrogen and oxygen atoms in total. The highest BCUT2D eigenvalue weighted by atomic mass is 19.4. The zero-order valence-corrected chi connectivity index (χ0v) is 8.49. The van der Waals surface area contributed by atoms with Crippen LogP contribution in [-0.2, 0) is 15.3 Å². The van der Waals surface area contributed by atoms with Crippen molar-refractivity contribution in [2.45, 2.75) is 11.9 Å². The normalized spacial score (nSPS) is 22.4. The van der Waals surface area contributed by atoms with E-state index < -0.39 is 17.9 Å². The Balaban J connectivity index is 2.29. The molecule has 1 aliphatic rings. The maximum absolute atomic E-state index is 12.1. The van der Waals surface area contributed by atoms with Gasteiger partial charge in [0.05, 0.1) is 0 Å². The van der Waals surface area contributed by atoms with Crippen molar-refractivity contribution >= 4 is 12.0 Å². The first-order valence-corrected chi connectivity index (χ1v) is 4.71. The second-order valence-electron chi connectivity index (χ2n) is 3.60. The van der Waals surface area contributed by atoms with Crippen molar-refractivity contribution in [1.82, 2.24) is 0 Å². The summed E-state index contributed by atoms with van der Waals surface area (Å²) in [6.07, 6.45) is -2.32. The number of benzene rings is 1. The molecule has 0 aliphatic heterocycles. The number of nitrogens with two attached hydrogens (primary N) is 1. The third kappa shape index (κ3) is 2.03. The number of esters is 1. The van der Waals surface area contributed by atoms with Gasteiger partial charge in [0.2, 0.25) is 5.72 Å². The van der Waals surface area contributed by atoms with Crippen LogP contribution in [0.1, 0.15) is 11.1 Å². The molecule has 90 valence electrons. The fraction of sp³-hybridized carbons (Fsp3) is 0.182. The van der Waals surface area contributed by atoms with E-state index in [9.17, 15) is 18.0 Å². The van der Waals surface area contributed by atoms with Crippen molar-refractivity contribution in [3.8, 4) is 0 Å². The summed E-state index contributed by atoms with van der Waals surface area (Å²) in [6.45, 7) is 0. The fourth-order valence-corrected chi connectivity index (χ4v) is 1.60. The lowest BCUT2D eigenvalue weighted by molar-refractivity contribution is -0.210. The van der Waals surface area contributed by atoms with Crippen molar-refractivity contribution in [3.05, 3.63) is 41.5 Å². The van der Waals surface area contributed by atoms with E-state index >= 15 is 0 Å². The molecule has 2 rings (SSSR count). The molecule has 0 bridgehead atoms. The quantitative estimate of drug-likeness (QED) is 0.605. The molecule has 0 saturated heterocycles. The largest absolute Gasteiger partial charge is 0.491 e. The summed E-state index contributed by atoms with van der Waals surface area (Å²) < 4.78 is 40.6. The molecule has 0 saturated carbocycles. The summed E-state index contributed by atoms with van der Waals surface area (Å²) in [7, 11) is 0. The molecule has 0 radical (unpaired) electrons. The summed E-state index contributed by atoms with van der Waals surface area (Å²) >= 11 is 0. The number of ether oxygens (including phenoxy) is 1. The minimum atomic E-state index is -5.06. The average Bonchev–Trinajstić information content (AvgIpc) is 2.56. The number of carbonyl (C=O) groups is 1. The molecule has 6 heteroatoms. The Hall–Kier alpha value is -1.82. The van der Waals surface area contributed by atoms with E-state index in [1.54, 1.807) is 18.2 Å². The van der Waals surface area contributed by atoms with Crippen LogP contribution in [0.25, 0.3) is 6.08 Å². The molecule has 0 fully saturated rings. The van der Waals surface area contributed by atoms with Crippen LogP contribution in [0, 0.1) is 0 Å². The van der Waals surface area contributed by atoms with E-state index in [4.69, 9.17) is 5.73 Å². The number of alkyl halides is 3. The maximum Gasteiger partial charge on any atom is 0.491 e. The number of halogens is 3. The SMILES string of the molecule is NC1(OC(=O)C(F)(F)F)C=Cc2ccccc21. The van der Waals surface area contributed by atoms with Crippen molar-refractivity contribution in [2.75, 3.05) is 0 Å². The predicted molar refractivity (Wildman–Crippen MR) is 53.5 cm³/mol. The molecular weight excluding hydrogens is 235 g/mol. The number of fused-ring (bicyclic) bond motifs is 1. The molecular formula is C11H8F3NO2. The van der Waals surface area contributed by atoms with Crippen LogP contribution in [0.15, 0.2) is 30.3 Å². The van der Waals surface area contributed by atoms with Gasteiger partial charge in [0.25, 0.3) is 0 Å². The van der Waals surface area contributed by atoms with Crippen molar-refractivity contribution in [1.29, 1.82) is 0 Å². The van der Waals surface area contributed by atoms with Gasteiger partial charge in [0, 0.05) is 5.56 Å². The van der Waals surface area contributed by atoms with E-state index in [0.29, 0.717) is 11.1 Å². The average molecular weight is 243 g/mol. The van der Waals surface area contributed by atoms with Crippen LogP contribution in [0.5, 0.6) is 0 Å². The van der Waals surface area contributed by atoms with Gasteiger partial charge in [0.15, 0.2) is 0 Å². The standard InChI is InChI=1S/C11H8F3NO2/c12-11(13,14)9(16)17-10(15)6-5-7-3-1-2-4-8(7)10/h1-6H,15H2. The maximum atomic E-state index is 12.1. The number of hydrogen-bond donors (Lipinski definition) is 1. The van der Waals surface area contributed by atoms with E-state index in [-0.39, 0.29) is 0 Å². The lowest BCUT2D eigenvalue weighted by Crippen LogP contribution is -2.42. The lowest BCUT2D eigenvalue weighted by atomic mass is 10.0. The van der Waals surface area contributed by atoms with Crippen LogP contribution in [0.2, 0.25) is 0 Å². The highest BCUT2D eigenvalue weighted by molar-refractivity contribution is 5.77. The molecule has 1 unspecified atom stereocenters. The molecule has 1 aromatic rings.